The van der Waals surface area contributed by atoms with Crippen molar-refractivity contribution in [2.75, 3.05) is 0 Å². The number of hydrogen-bond acceptors (Lipinski definition) is 1. The Balaban J connectivity index is 3.43. The van der Waals surface area contributed by atoms with E-state index in [2.05, 4.69) is 32.7 Å². The molecule has 0 bridgehead atoms. The average molecular weight is 303 g/mol. The minimum atomic E-state index is 0.0193. The molecule has 1 aliphatic rings. The molecule has 2 nitrogen and oxygen atoms in total. The van der Waals surface area contributed by atoms with Crippen molar-refractivity contribution in [2.45, 2.75) is 92.4 Å². The van der Waals surface area contributed by atoms with Gasteiger partial charge in [-0.15, -0.1) is 0 Å². The summed E-state index contributed by atoms with van der Waals surface area (Å²) in [6, 6.07) is 0. The third-order valence-electron chi connectivity index (χ3n) is 4.20. The van der Waals surface area contributed by atoms with Crippen LogP contribution < -0.4 is 0 Å². The highest BCUT2D eigenvalue weighted by Gasteiger charge is 2.28. The Hall–Kier alpha value is -1.18. The van der Waals surface area contributed by atoms with Gasteiger partial charge in [0.2, 0.25) is 5.91 Å². The van der Waals surface area contributed by atoms with Crippen LogP contribution >= 0.6 is 0 Å². The smallest absolute Gasteiger partial charge is 0.245 e. The minimum Gasteiger partial charge on any atom is -0.273 e. The summed E-state index contributed by atoms with van der Waals surface area (Å²) in [7, 11) is 0. The number of carbonyl (C=O) groups excluding carboxylic acids is 1. The highest BCUT2D eigenvalue weighted by atomic mass is 16.1. The van der Waals surface area contributed by atoms with E-state index in [1.165, 1.54) is 22.3 Å². The third kappa shape index (κ3) is 4.41. The van der Waals surface area contributed by atoms with Gasteiger partial charge in [-0.3, -0.25) is 4.79 Å². The molecule has 0 N–H and O–H groups in total. The summed E-state index contributed by atoms with van der Waals surface area (Å²) in [5, 5.41) is 0. The SMILES string of the molecule is CCCC1=C(CCC)C(CCC)=C(CCC)C1=NC(=O)CC. The fourth-order valence-electron chi connectivity index (χ4n) is 3.31. The summed E-state index contributed by atoms with van der Waals surface area (Å²) < 4.78 is 0. The van der Waals surface area contributed by atoms with Crippen LogP contribution in [0.2, 0.25) is 0 Å². The van der Waals surface area contributed by atoms with E-state index in [-0.39, 0.29) is 5.91 Å². The Bertz CT molecular complexity index is 446. The highest BCUT2D eigenvalue weighted by Crippen LogP contribution is 2.39. The van der Waals surface area contributed by atoms with Crippen molar-refractivity contribution >= 4 is 11.6 Å². The molecule has 0 aromatic heterocycles. The topological polar surface area (TPSA) is 29.4 Å². The molecule has 2 heteroatoms. The predicted octanol–water partition coefficient (Wildman–Crippen LogP) is 6.17. The molecule has 0 heterocycles. The predicted molar refractivity (Wildman–Crippen MR) is 96.4 cm³/mol. The molecule has 0 aromatic carbocycles. The molecule has 0 aliphatic heterocycles. The molecule has 0 saturated carbocycles. The van der Waals surface area contributed by atoms with Gasteiger partial charge in [0.1, 0.15) is 0 Å². The molecule has 124 valence electrons. The standard InChI is InChI=1S/C20H33NO/c1-6-11-15-16(12-7-2)18(14-9-4)20(17(15)13-8-3)21-19(22)10-5/h6-14H2,1-5H3. The van der Waals surface area contributed by atoms with E-state index in [0.717, 1.165) is 57.1 Å². The molecular weight excluding hydrogens is 270 g/mol. The van der Waals surface area contributed by atoms with Crippen molar-refractivity contribution in [1.82, 2.24) is 0 Å². The summed E-state index contributed by atoms with van der Waals surface area (Å²) in [5.74, 6) is 0.0193. The van der Waals surface area contributed by atoms with Crippen LogP contribution in [-0.4, -0.2) is 11.6 Å². The second-order valence-corrected chi connectivity index (χ2v) is 6.12. The number of aliphatic imine (C=N–C) groups is 1. The summed E-state index contributed by atoms with van der Waals surface area (Å²) in [6.07, 6.45) is 9.37. The minimum absolute atomic E-state index is 0.0193. The zero-order valence-corrected chi connectivity index (χ0v) is 15.2. The molecule has 1 aliphatic carbocycles. The highest BCUT2D eigenvalue weighted by molar-refractivity contribution is 6.20. The second kappa shape index (κ2) is 9.76. The van der Waals surface area contributed by atoms with Crippen molar-refractivity contribution in [1.29, 1.82) is 0 Å². The first kappa shape index (κ1) is 18.9. The Kier molecular flexibility index (Phi) is 8.37. The Labute approximate surface area is 136 Å². The van der Waals surface area contributed by atoms with Gasteiger partial charge in [-0.1, -0.05) is 60.3 Å². The molecule has 0 atom stereocenters. The van der Waals surface area contributed by atoms with Crippen LogP contribution in [0.25, 0.3) is 0 Å². The van der Waals surface area contributed by atoms with E-state index in [4.69, 9.17) is 0 Å². The lowest BCUT2D eigenvalue weighted by Crippen LogP contribution is -2.07. The van der Waals surface area contributed by atoms with E-state index >= 15 is 0 Å². The number of carbonyl (C=O) groups is 1. The molecule has 0 spiro atoms. The molecule has 0 radical (unpaired) electrons. The van der Waals surface area contributed by atoms with Crippen molar-refractivity contribution in [3.63, 3.8) is 0 Å². The van der Waals surface area contributed by atoms with Crippen molar-refractivity contribution in [3.05, 3.63) is 22.3 Å². The number of allylic oxidation sites excluding steroid dienone is 4. The van der Waals surface area contributed by atoms with Gasteiger partial charge in [0.05, 0.1) is 5.71 Å². The maximum Gasteiger partial charge on any atom is 0.245 e. The third-order valence-corrected chi connectivity index (χ3v) is 4.20. The fraction of sp³-hybridized carbons (Fsp3) is 0.700. The number of amides is 1. The molecular formula is C20H33NO. The van der Waals surface area contributed by atoms with Crippen LogP contribution in [0.3, 0.4) is 0 Å². The van der Waals surface area contributed by atoms with E-state index in [0.29, 0.717) is 6.42 Å². The summed E-state index contributed by atoms with van der Waals surface area (Å²) in [5.41, 5.74) is 6.81. The van der Waals surface area contributed by atoms with Crippen LogP contribution in [0.15, 0.2) is 27.3 Å². The Morgan fingerprint density at radius 3 is 1.36 bits per heavy atom. The van der Waals surface area contributed by atoms with Gasteiger partial charge in [0.25, 0.3) is 0 Å². The first-order chi connectivity index (χ1) is 10.6. The Morgan fingerprint density at radius 2 is 1.05 bits per heavy atom. The van der Waals surface area contributed by atoms with E-state index in [9.17, 15) is 4.79 Å². The van der Waals surface area contributed by atoms with Crippen LogP contribution in [0.1, 0.15) is 92.4 Å². The zero-order chi connectivity index (χ0) is 16.5. The van der Waals surface area contributed by atoms with Gasteiger partial charge < -0.3 is 0 Å². The van der Waals surface area contributed by atoms with Crippen LogP contribution in [-0.2, 0) is 4.79 Å². The number of rotatable bonds is 9. The van der Waals surface area contributed by atoms with Crippen molar-refractivity contribution in [2.24, 2.45) is 4.99 Å². The van der Waals surface area contributed by atoms with Crippen LogP contribution in [0, 0.1) is 0 Å². The monoisotopic (exact) mass is 303 g/mol. The molecule has 22 heavy (non-hydrogen) atoms. The van der Waals surface area contributed by atoms with Crippen LogP contribution in [0.4, 0.5) is 0 Å². The molecule has 1 rings (SSSR count). The first-order valence-electron chi connectivity index (χ1n) is 9.20. The number of hydrogen-bond donors (Lipinski definition) is 0. The summed E-state index contributed by atoms with van der Waals surface area (Å²) in [6.45, 7) is 10.8. The average Bonchev–Trinajstić information content (AvgIpc) is 2.76. The van der Waals surface area contributed by atoms with Gasteiger partial charge in [-0.05, 0) is 48.0 Å². The van der Waals surface area contributed by atoms with E-state index < -0.39 is 0 Å². The van der Waals surface area contributed by atoms with Gasteiger partial charge >= 0.3 is 0 Å². The normalized spacial score (nSPS) is 15.0. The van der Waals surface area contributed by atoms with E-state index in [1.54, 1.807) is 0 Å². The summed E-state index contributed by atoms with van der Waals surface area (Å²) >= 11 is 0. The molecule has 0 saturated heterocycles. The van der Waals surface area contributed by atoms with Gasteiger partial charge in [-0.2, -0.15) is 0 Å². The maximum atomic E-state index is 12.0. The van der Waals surface area contributed by atoms with Crippen LogP contribution in [0.5, 0.6) is 0 Å². The molecule has 1 amide bonds. The van der Waals surface area contributed by atoms with Crippen molar-refractivity contribution < 1.29 is 4.79 Å². The fourth-order valence-corrected chi connectivity index (χ4v) is 3.31. The van der Waals surface area contributed by atoms with Gasteiger partial charge in [0.15, 0.2) is 0 Å². The summed E-state index contributed by atoms with van der Waals surface area (Å²) in [4.78, 5) is 16.5. The quantitative estimate of drug-likeness (QED) is 0.500. The Morgan fingerprint density at radius 1 is 0.682 bits per heavy atom. The van der Waals surface area contributed by atoms with Gasteiger partial charge in [0, 0.05) is 6.42 Å². The maximum absolute atomic E-state index is 12.0. The first-order valence-corrected chi connectivity index (χ1v) is 9.20. The number of nitrogens with zero attached hydrogens (tertiary/aromatic N) is 1. The molecule has 0 aromatic rings. The second-order valence-electron chi connectivity index (χ2n) is 6.12. The molecule has 0 fully saturated rings. The molecule has 0 unspecified atom stereocenters. The lowest BCUT2D eigenvalue weighted by Gasteiger charge is -2.10. The van der Waals surface area contributed by atoms with E-state index in [1.807, 2.05) is 6.92 Å². The lowest BCUT2D eigenvalue weighted by molar-refractivity contribution is -0.117. The van der Waals surface area contributed by atoms with Crippen molar-refractivity contribution in [3.8, 4) is 0 Å². The largest absolute Gasteiger partial charge is 0.273 e. The zero-order valence-electron chi connectivity index (χ0n) is 15.2. The van der Waals surface area contributed by atoms with Gasteiger partial charge in [-0.25, -0.2) is 4.99 Å². The lowest BCUT2D eigenvalue weighted by atomic mass is 9.95.